The number of hydrogen-bond acceptors (Lipinski definition) is 7. The summed E-state index contributed by atoms with van der Waals surface area (Å²) in [5.74, 6) is 1.17. The van der Waals surface area contributed by atoms with Crippen molar-refractivity contribution in [2.24, 2.45) is 5.10 Å². The Balaban J connectivity index is 1.65. The summed E-state index contributed by atoms with van der Waals surface area (Å²) in [6, 6.07) is 13.7. The third kappa shape index (κ3) is 8.75. The third-order valence-electron chi connectivity index (χ3n) is 5.40. The van der Waals surface area contributed by atoms with Gasteiger partial charge in [-0.3, -0.25) is 9.59 Å². The number of nitrogens with zero attached hydrogens (tertiary/aromatic N) is 1. The second-order valence-corrected chi connectivity index (χ2v) is 10.0. The molecule has 212 valence electrons. The van der Waals surface area contributed by atoms with Crippen molar-refractivity contribution in [3.05, 3.63) is 73.8 Å². The topological polar surface area (TPSA) is 107 Å². The van der Waals surface area contributed by atoms with E-state index in [1.807, 2.05) is 26.8 Å². The molecular formula is C29H31ClIN3O6. The summed E-state index contributed by atoms with van der Waals surface area (Å²) in [7, 11) is 1.52. The van der Waals surface area contributed by atoms with Gasteiger partial charge in [-0.25, -0.2) is 5.43 Å². The van der Waals surface area contributed by atoms with Crippen molar-refractivity contribution >= 4 is 57.9 Å². The molecule has 0 spiro atoms. The van der Waals surface area contributed by atoms with E-state index in [-0.39, 0.29) is 12.5 Å². The highest BCUT2D eigenvalue weighted by atomic mass is 127. The molecule has 0 radical (unpaired) electrons. The summed E-state index contributed by atoms with van der Waals surface area (Å²) < 4.78 is 23.2. The van der Waals surface area contributed by atoms with Gasteiger partial charge in [-0.05, 0) is 96.5 Å². The van der Waals surface area contributed by atoms with Gasteiger partial charge in [0.2, 0.25) is 0 Å². The standard InChI is InChI=1S/C29H31ClIN3O6/c1-5-11-39-24-10-8-20(14-25(24)37-4)29(36)34-32-16-19-12-23(31)28(26(13-19)38-6-2)40-17-27(35)33-21-9-7-18(3)22(30)15-21/h7-10,12-16H,5-6,11,17H2,1-4H3,(H,33,35)(H,34,36)/b32-16+. The van der Waals surface area contributed by atoms with Crippen molar-refractivity contribution in [2.45, 2.75) is 27.2 Å². The molecule has 2 amide bonds. The Morgan fingerprint density at radius 2 is 1.80 bits per heavy atom. The maximum Gasteiger partial charge on any atom is 0.271 e. The number of aryl methyl sites for hydroxylation is 1. The van der Waals surface area contributed by atoms with Gasteiger partial charge in [0.05, 0.1) is 30.1 Å². The van der Waals surface area contributed by atoms with Crippen LogP contribution >= 0.6 is 34.2 Å². The van der Waals surface area contributed by atoms with E-state index < -0.39 is 5.91 Å². The molecule has 0 fully saturated rings. The summed E-state index contributed by atoms with van der Waals surface area (Å²) in [6.45, 7) is 6.45. The number of methoxy groups -OCH3 is 1. The highest BCUT2D eigenvalue weighted by Gasteiger charge is 2.15. The van der Waals surface area contributed by atoms with Crippen LogP contribution in [0.15, 0.2) is 53.6 Å². The zero-order valence-electron chi connectivity index (χ0n) is 22.7. The second-order valence-electron chi connectivity index (χ2n) is 8.48. The number of nitrogens with one attached hydrogen (secondary N) is 2. The normalized spacial score (nSPS) is 10.8. The average molecular weight is 680 g/mol. The minimum Gasteiger partial charge on any atom is -0.493 e. The molecule has 0 heterocycles. The molecule has 0 unspecified atom stereocenters. The van der Waals surface area contributed by atoms with Crippen LogP contribution in [0.25, 0.3) is 0 Å². The molecule has 9 nitrogen and oxygen atoms in total. The number of amides is 2. The highest BCUT2D eigenvalue weighted by Crippen LogP contribution is 2.34. The number of benzene rings is 3. The third-order valence-corrected chi connectivity index (χ3v) is 6.61. The van der Waals surface area contributed by atoms with E-state index in [0.717, 1.165) is 12.0 Å². The lowest BCUT2D eigenvalue weighted by Gasteiger charge is -2.15. The van der Waals surface area contributed by atoms with Crippen LogP contribution in [0.3, 0.4) is 0 Å². The van der Waals surface area contributed by atoms with Crippen LogP contribution in [-0.4, -0.2) is 45.0 Å². The molecule has 11 heteroatoms. The Hall–Kier alpha value is -3.51. The number of hydrazone groups is 1. The largest absolute Gasteiger partial charge is 0.493 e. The van der Waals surface area contributed by atoms with Crippen LogP contribution < -0.4 is 29.7 Å². The summed E-state index contributed by atoms with van der Waals surface area (Å²) >= 11 is 8.23. The van der Waals surface area contributed by atoms with Crippen molar-refractivity contribution in [3.63, 3.8) is 0 Å². The lowest BCUT2D eigenvalue weighted by atomic mass is 10.2. The first-order chi connectivity index (χ1) is 19.2. The van der Waals surface area contributed by atoms with Gasteiger partial charge in [0, 0.05) is 16.3 Å². The van der Waals surface area contributed by atoms with Gasteiger partial charge in [0.1, 0.15) is 0 Å². The maximum atomic E-state index is 12.6. The van der Waals surface area contributed by atoms with Crippen LogP contribution in [0, 0.1) is 10.5 Å². The Morgan fingerprint density at radius 1 is 1.00 bits per heavy atom. The van der Waals surface area contributed by atoms with Crippen molar-refractivity contribution < 1.29 is 28.5 Å². The van der Waals surface area contributed by atoms with E-state index >= 15 is 0 Å². The molecule has 40 heavy (non-hydrogen) atoms. The molecule has 0 aliphatic rings. The van der Waals surface area contributed by atoms with E-state index in [4.69, 9.17) is 30.5 Å². The van der Waals surface area contributed by atoms with Crippen molar-refractivity contribution in [1.82, 2.24) is 5.43 Å². The molecule has 0 saturated carbocycles. The van der Waals surface area contributed by atoms with Crippen LogP contribution in [-0.2, 0) is 4.79 Å². The van der Waals surface area contributed by atoms with Crippen LogP contribution in [0.5, 0.6) is 23.0 Å². The number of rotatable bonds is 13. The number of hydrogen-bond donors (Lipinski definition) is 2. The van der Waals surface area contributed by atoms with Gasteiger partial charge in [-0.1, -0.05) is 24.6 Å². The fraction of sp³-hybridized carbons (Fsp3) is 0.276. The summed E-state index contributed by atoms with van der Waals surface area (Å²) in [4.78, 5) is 25.1. The number of carbonyl (C=O) groups is 2. The summed E-state index contributed by atoms with van der Waals surface area (Å²) in [5.41, 5.74) is 5.05. The zero-order valence-corrected chi connectivity index (χ0v) is 25.6. The molecule has 0 saturated heterocycles. The van der Waals surface area contributed by atoms with Crippen LogP contribution in [0.2, 0.25) is 5.02 Å². The summed E-state index contributed by atoms with van der Waals surface area (Å²) in [5, 5.41) is 7.41. The van der Waals surface area contributed by atoms with E-state index in [0.29, 0.717) is 61.6 Å². The smallest absolute Gasteiger partial charge is 0.271 e. The minimum atomic E-state index is -0.405. The molecule has 3 aromatic carbocycles. The van der Waals surface area contributed by atoms with Gasteiger partial charge < -0.3 is 24.3 Å². The molecule has 0 bridgehead atoms. The van der Waals surface area contributed by atoms with Crippen LogP contribution in [0.1, 0.15) is 41.8 Å². The van der Waals surface area contributed by atoms with Crippen LogP contribution in [0.4, 0.5) is 5.69 Å². The van der Waals surface area contributed by atoms with Gasteiger partial charge in [0.15, 0.2) is 29.6 Å². The molecule has 3 rings (SSSR count). The number of anilines is 1. The number of halogens is 2. The van der Waals surface area contributed by atoms with Gasteiger partial charge >= 0.3 is 0 Å². The Morgan fingerprint density at radius 3 is 2.50 bits per heavy atom. The Labute approximate surface area is 252 Å². The molecule has 2 N–H and O–H groups in total. The molecule has 0 aromatic heterocycles. The Bertz CT molecular complexity index is 1380. The maximum absolute atomic E-state index is 12.6. The van der Waals surface area contributed by atoms with Gasteiger partial charge in [0.25, 0.3) is 11.8 Å². The fourth-order valence-corrected chi connectivity index (χ4v) is 4.40. The zero-order chi connectivity index (χ0) is 29.1. The minimum absolute atomic E-state index is 0.225. The van der Waals surface area contributed by atoms with Gasteiger partial charge in [-0.2, -0.15) is 5.10 Å². The molecular weight excluding hydrogens is 649 g/mol. The van der Waals surface area contributed by atoms with Crippen molar-refractivity contribution in [1.29, 1.82) is 0 Å². The van der Waals surface area contributed by atoms with E-state index in [9.17, 15) is 9.59 Å². The fourth-order valence-electron chi connectivity index (χ4n) is 3.44. The predicted molar refractivity (Wildman–Crippen MR) is 164 cm³/mol. The van der Waals surface area contributed by atoms with Crippen molar-refractivity contribution in [2.75, 3.05) is 32.2 Å². The molecule has 0 aliphatic carbocycles. The second kappa shape index (κ2) is 15.3. The first kappa shape index (κ1) is 31.0. The first-order valence-electron chi connectivity index (χ1n) is 12.5. The average Bonchev–Trinajstić information content (AvgIpc) is 2.93. The first-order valence-corrected chi connectivity index (χ1v) is 14.0. The number of ether oxygens (including phenoxy) is 4. The SMILES string of the molecule is CCCOc1ccc(C(=O)N/N=C/c2cc(I)c(OCC(=O)Nc3ccc(C)c(Cl)c3)c(OCC)c2)cc1OC. The molecule has 0 atom stereocenters. The summed E-state index contributed by atoms with van der Waals surface area (Å²) in [6.07, 6.45) is 2.35. The van der Waals surface area contributed by atoms with Crippen molar-refractivity contribution in [3.8, 4) is 23.0 Å². The van der Waals surface area contributed by atoms with Gasteiger partial charge in [-0.15, -0.1) is 0 Å². The monoisotopic (exact) mass is 679 g/mol. The number of carbonyl (C=O) groups excluding carboxylic acids is 2. The van der Waals surface area contributed by atoms with E-state index in [1.54, 1.807) is 42.5 Å². The van der Waals surface area contributed by atoms with E-state index in [2.05, 4.69) is 38.4 Å². The Kier molecular flexibility index (Phi) is 11.9. The molecule has 3 aromatic rings. The quantitative estimate of drug-likeness (QED) is 0.126. The van der Waals surface area contributed by atoms with E-state index in [1.165, 1.54) is 13.3 Å². The predicted octanol–water partition coefficient (Wildman–Crippen LogP) is 6.23. The lowest BCUT2D eigenvalue weighted by molar-refractivity contribution is -0.118. The molecule has 0 aliphatic heterocycles. The highest BCUT2D eigenvalue weighted by molar-refractivity contribution is 14.1. The lowest BCUT2D eigenvalue weighted by Crippen LogP contribution is -2.20.